The van der Waals surface area contributed by atoms with E-state index in [0.717, 1.165) is 0 Å². The van der Waals surface area contributed by atoms with E-state index in [1.807, 2.05) is 0 Å². The van der Waals surface area contributed by atoms with Crippen LogP contribution >= 0.6 is 0 Å². The number of piperidine rings is 1. The maximum absolute atomic E-state index is 13.7. The number of carbonyl (C=O) groups excluding carboxylic acids is 2. The van der Waals surface area contributed by atoms with E-state index in [0.29, 0.717) is 31.4 Å². The Kier molecular flexibility index (Phi) is 5.71. The summed E-state index contributed by atoms with van der Waals surface area (Å²) in [4.78, 5) is 25.3. The molecule has 1 aromatic carbocycles. The molecular weight excluding hydrogens is 299 g/mol. The van der Waals surface area contributed by atoms with Gasteiger partial charge in [-0.15, -0.1) is 0 Å². The standard InChI is InChI=1S/C17H23FN2O3/c1-19-15(21)7-9-17(23)8-4-10-20(12-17)16(22)11-13-5-2-3-6-14(13)18/h2-3,5-6,23H,4,7-12H2,1H3,(H,19,21). The zero-order valence-corrected chi connectivity index (χ0v) is 13.3. The molecule has 5 nitrogen and oxygen atoms in total. The molecule has 23 heavy (non-hydrogen) atoms. The first-order valence-electron chi connectivity index (χ1n) is 7.88. The zero-order valence-electron chi connectivity index (χ0n) is 13.3. The largest absolute Gasteiger partial charge is 0.388 e. The lowest BCUT2D eigenvalue weighted by Crippen LogP contribution is -2.51. The number of β-amino-alcohol motifs (C(OH)–C–C–N with tert-alkyl or cyclic N) is 1. The van der Waals surface area contributed by atoms with Gasteiger partial charge in [0.25, 0.3) is 0 Å². The highest BCUT2D eigenvalue weighted by Gasteiger charge is 2.35. The predicted molar refractivity (Wildman–Crippen MR) is 84.2 cm³/mol. The minimum atomic E-state index is -1.05. The van der Waals surface area contributed by atoms with Crippen LogP contribution in [0.2, 0.25) is 0 Å². The lowest BCUT2D eigenvalue weighted by atomic mass is 9.88. The van der Waals surface area contributed by atoms with Gasteiger partial charge in [0, 0.05) is 26.6 Å². The van der Waals surface area contributed by atoms with Gasteiger partial charge in [-0.2, -0.15) is 0 Å². The van der Waals surface area contributed by atoms with E-state index < -0.39 is 11.4 Å². The molecule has 1 unspecified atom stereocenters. The van der Waals surface area contributed by atoms with Crippen LogP contribution in [-0.4, -0.2) is 47.6 Å². The number of rotatable bonds is 5. The number of hydrogen-bond acceptors (Lipinski definition) is 3. The molecular formula is C17H23FN2O3. The second-order valence-electron chi connectivity index (χ2n) is 6.08. The van der Waals surface area contributed by atoms with Crippen molar-refractivity contribution in [2.24, 2.45) is 0 Å². The molecule has 0 spiro atoms. The van der Waals surface area contributed by atoms with Crippen molar-refractivity contribution in [2.45, 2.75) is 37.7 Å². The number of hydrogen-bond donors (Lipinski definition) is 2. The Morgan fingerprint density at radius 2 is 2.13 bits per heavy atom. The third-order valence-corrected chi connectivity index (χ3v) is 4.30. The summed E-state index contributed by atoms with van der Waals surface area (Å²) < 4.78 is 13.7. The molecule has 1 aromatic rings. The first-order chi connectivity index (χ1) is 10.9. The molecule has 0 radical (unpaired) electrons. The zero-order chi connectivity index (χ0) is 16.9. The van der Waals surface area contributed by atoms with Crippen LogP contribution in [0.1, 0.15) is 31.2 Å². The molecule has 6 heteroatoms. The van der Waals surface area contributed by atoms with Crippen LogP contribution in [0.25, 0.3) is 0 Å². The first-order valence-corrected chi connectivity index (χ1v) is 7.88. The molecule has 1 atom stereocenters. The minimum Gasteiger partial charge on any atom is -0.388 e. The maximum Gasteiger partial charge on any atom is 0.227 e. The lowest BCUT2D eigenvalue weighted by molar-refractivity contribution is -0.138. The van der Waals surface area contributed by atoms with Gasteiger partial charge in [-0.05, 0) is 30.9 Å². The van der Waals surface area contributed by atoms with Gasteiger partial charge in [0.2, 0.25) is 11.8 Å². The van der Waals surface area contributed by atoms with Crippen LogP contribution in [0.3, 0.4) is 0 Å². The van der Waals surface area contributed by atoms with Crippen molar-refractivity contribution in [1.82, 2.24) is 10.2 Å². The molecule has 1 saturated heterocycles. The molecule has 126 valence electrons. The predicted octanol–water partition coefficient (Wildman–Crippen LogP) is 1.25. The van der Waals surface area contributed by atoms with Gasteiger partial charge in [-0.3, -0.25) is 9.59 Å². The maximum atomic E-state index is 13.7. The third-order valence-electron chi connectivity index (χ3n) is 4.30. The summed E-state index contributed by atoms with van der Waals surface area (Å²) in [6, 6.07) is 6.21. The second-order valence-corrected chi connectivity index (χ2v) is 6.08. The van der Waals surface area contributed by atoms with E-state index in [1.54, 1.807) is 30.1 Å². The van der Waals surface area contributed by atoms with Gasteiger partial charge < -0.3 is 15.3 Å². The first kappa shape index (κ1) is 17.4. The Morgan fingerprint density at radius 3 is 2.83 bits per heavy atom. The summed E-state index contributed by atoms with van der Waals surface area (Å²) >= 11 is 0. The van der Waals surface area contributed by atoms with Gasteiger partial charge in [0.1, 0.15) is 5.82 Å². The van der Waals surface area contributed by atoms with Gasteiger partial charge in [-0.25, -0.2) is 4.39 Å². The van der Waals surface area contributed by atoms with Crippen molar-refractivity contribution in [2.75, 3.05) is 20.1 Å². The van der Waals surface area contributed by atoms with E-state index in [2.05, 4.69) is 5.32 Å². The summed E-state index contributed by atoms with van der Waals surface area (Å²) in [5.74, 6) is -0.728. The molecule has 1 aliphatic heterocycles. The number of nitrogens with zero attached hydrogens (tertiary/aromatic N) is 1. The van der Waals surface area contributed by atoms with Gasteiger partial charge in [0.15, 0.2) is 0 Å². The molecule has 2 N–H and O–H groups in total. The van der Waals surface area contributed by atoms with Crippen LogP contribution in [0.15, 0.2) is 24.3 Å². The Balaban J connectivity index is 1.96. The average molecular weight is 322 g/mol. The molecule has 2 rings (SSSR count). The molecule has 2 amide bonds. The van der Waals surface area contributed by atoms with Gasteiger partial charge in [-0.1, -0.05) is 18.2 Å². The van der Waals surface area contributed by atoms with Crippen LogP contribution in [0, 0.1) is 5.82 Å². The second kappa shape index (κ2) is 7.55. The fourth-order valence-electron chi connectivity index (χ4n) is 2.92. The van der Waals surface area contributed by atoms with Crippen molar-refractivity contribution < 1.29 is 19.1 Å². The van der Waals surface area contributed by atoms with Crippen LogP contribution < -0.4 is 5.32 Å². The SMILES string of the molecule is CNC(=O)CCC1(O)CCCN(C(=O)Cc2ccccc2F)C1. The van der Waals surface area contributed by atoms with E-state index >= 15 is 0 Å². The molecule has 0 bridgehead atoms. The fourth-order valence-corrected chi connectivity index (χ4v) is 2.92. The van der Waals surface area contributed by atoms with Gasteiger partial charge in [0.05, 0.1) is 12.0 Å². The minimum absolute atomic E-state index is 0.0157. The fraction of sp³-hybridized carbons (Fsp3) is 0.529. The van der Waals surface area contributed by atoms with E-state index in [4.69, 9.17) is 0 Å². The van der Waals surface area contributed by atoms with E-state index in [9.17, 15) is 19.1 Å². The summed E-state index contributed by atoms with van der Waals surface area (Å²) in [6.45, 7) is 0.743. The number of amides is 2. The van der Waals surface area contributed by atoms with E-state index in [-0.39, 0.29) is 31.2 Å². The van der Waals surface area contributed by atoms with Crippen molar-refractivity contribution in [3.63, 3.8) is 0 Å². The average Bonchev–Trinajstić information content (AvgIpc) is 2.55. The Labute approximate surface area is 135 Å². The smallest absolute Gasteiger partial charge is 0.227 e. The summed E-state index contributed by atoms with van der Waals surface area (Å²) in [5, 5.41) is 13.1. The van der Waals surface area contributed by atoms with Crippen molar-refractivity contribution in [1.29, 1.82) is 0 Å². The highest BCUT2D eigenvalue weighted by Crippen LogP contribution is 2.26. The number of nitrogens with one attached hydrogen (secondary N) is 1. The van der Waals surface area contributed by atoms with Crippen molar-refractivity contribution in [3.8, 4) is 0 Å². The molecule has 0 saturated carbocycles. The van der Waals surface area contributed by atoms with E-state index in [1.165, 1.54) is 6.07 Å². The number of benzene rings is 1. The number of carbonyl (C=O) groups is 2. The quantitative estimate of drug-likeness (QED) is 0.857. The van der Waals surface area contributed by atoms with Crippen molar-refractivity contribution >= 4 is 11.8 Å². The molecule has 1 heterocycles. The Bertz CT molecular complexity index is 579. The van der Waals surface area contributed by atoms with Crippen LogP contribution in [-0.2, 0) is 16.0 Å². The van der Waals surface area contributed by atoms with Crippen LogP contribution in [0.4, 0.5) is 4.39 Å². The molecule has 0 aromatic heterocycles. The highest BCUT2D eigenvalue weighted by atomic mass is 19.1. The van der Waals surface area contributed by atoms with Crippen LogP contribution in [0.5, 0.6) is 0 Å². The number of halogens is 1. The molecule has 0 aliphatic carbocycles. The third kappa shape index (κ3) is 4.76. The summed E-state index contributed by atoms with van der Waals surface area (Å²) in [5.41, 5.74) is -0.688. The Morgan fingerprint density at radius 1 is 1.39 bits per heavy atom. The van der Waals surface area contributed by atoms with Gasteiger partial charge >= 0.3 is 0 Å². The number of aliphatic hydroxyl groups is 1. The number of likely N-dealkylation sites (tertiary alicyclic amines) is 1. The Hall–Kier alpha value is -1.95. The normalized spacial score (nSPS) is 21.1. The monoisotopic (exact) mass is 322 g/mol. The highest BCUT2D eigenvalue weighted by molar-refractivity contribution is 5.79. The topological polar surface area (TPSA) is 69.6 Å². The summed E-state index contributed by atoms with van der Waals surface area (Å²) in [7, 11) is 1.55. The van der Waals surface area contributed by atoms with Crippen molar-refractivity contribution in [3.05, 3.63) is 35.6 Å². The lowest BCUT2D eigenvalue weighted by Gasteiger charge is -2.39. The summed E-state index contributed by atoms with van der Waals surface area (Å²) in [6.07, 6.45) is 1.76. The molecule has 1 fully saturated rings. The molecule has 1 aliphatic rings.